The van der Waals surface area contributed by atoms with E-state index in [9.17, 15) is 4.79 Å². The van der Waals surface area contributed by atoms with Crippen LogP contribution in [0, 0.1) is 6.92 Å². The van der Waals surface area contributed by atoms with Crippen molar-refractivity contribution in [1.29, 1.82) is 0 Å². The minimum atomic E-state index is -0.105. The van der Waals surface area contributed by atoms with Crippen molar-refractivity contribution in [3.05, 3.63) is 52.0 Å². The highest BCUT2D eigenvalue weighted by molar-refractivity contribution is 7.08. The molecule has 1 fully saturated rings. The maximum Gasteiger partial charge on any atom is 0.252 e. The number of thiophene rings is 1. The first-order chi connectivity index (χ1) is 9.75. The lowest BCUT2D eigenvalue weighted by atomic mass is 10.0. The van der Waals surface area contributed by atoms with E-state index < -0.39 is 0 Å². The summed E-state index contributed by atoms with van der Waals surface area (Å²) < 4.78 is 5.75. The van der Waals surface area contributed by atoms with Crippen molar-refractivity contribution in [2.24, 2.45) is 0 Å². The highest BCUT2D eigenvalue weighted by Gasteiger charge is 2.31. The first-order valence-corrected chi connectivity index (χ1v) is 7.55. The molecular weight excluding hydrogens is 272 g/mol. The number of rotatable bonds is 3. The van der Waals surface area contributed by atoms with Crippen LogP contribution in [-0.2, 0) is 4.74 Å². The summed E-state index contributed by atoms with van der Waals surface area (Å²) in [7, 11) is 0. The highest BCUT2D eigenvalue weighted by Crippen LogP contribution is 2.29. The molecule has 0 radical (unpaired) electrons. The number of ether oxygens (including phenoxy) is 1. The Morgan fingerprint density at radius 1 is 1.50 bits per heavy atom. The van der Waals surface area contributed by atoms with Crippen molar-refractivity contribution in [3.8, 4) is 0 Å². The Labute approximate surface area is 121 Å². The van der Waals surface area contributed by atoms with Crippen LogP contribution in [0.25, 0.3) is 0 Å². The molecule has 2 aromatic rings. The van der Waals surface area contributed by atoms with E-state index in [0.717, 1.165) is 23.1 Å². The molecule has 1 amide bonds. The third kappa shape index (κ3) is 2.59. The second-order valence-corrected chi connectivity index (χ2v) is 5.66. The molecule has 1 aliphatic rings. The molecule has 4 nitrogen and oxygen atoms in total. The molecule has 0 saturated carbocycles. The fourth-order valence-electron chi connectivity index (χ4n) is 2.45. The van der Waals surface area contributed by atoms with E-state index in [-0.39, 0.29) is 18.1 Å². The lowest BCUT2D eigenvalue weighted by Gasteiger charge is -2.19. The van der Waals surface area contributed by atoms with E-state index in [1.807, 2.05) is 29.8 Å². The van der Waals surface area contributed by atoms with Crippen LogP contribution in [0.4, 0.5) is 0 Å². The zero-order valence-corrected chi connectivity index (χ0v) is 12.0. The number of carbonyl (C=O) groups is 1. The Kier molecular flexibility index (Phi) is 3.80. The zero-order chi connectivity index (χ0) is 13.9. The Morgan fingerprint density at radius 3 is 3.10 bits per heavy atom. The summed E-state index contributed by atoms with van der Waals surface area (Å²) in [6.07, 6.45) is 4.26. The highest BCUT2D eigenvalue weighted by atomic mass is 32.1. The number of hydrogen-bond donors (Lipinski definition) is 1. The van der Waals surface area contributed by atoms with Crippen molar-refractivity contribution in [1.82, 2.24) is 10.3 Å². The lowest BCUT2D eigenvalue weighted by Crippen LogP contribution is -2.36. The predicted octanol–water partition coefficient (Wildman–Crippen LogP) is 2.71. The van der Waals surface area contributed by atoms with Gasteiger partial charge in [0.15, 0.2) is 0 Å². The van der Waals surface area contributed by atoms with Gasteiger partial charge in [-0.15, -0.1) is 0 Å². The van der Waals surface area contributed by atoms with Crippen molar-refractivity contribution in [2.75, 3.05) is 6.61 Å². The van der Waals surface area contributed by atoms with Crippen LogP contribution in [0.1, 0.15) is 34.0 Å². The van der Waals surface area contributed by atoms with Gasteiger partial charge in [-0.25, -0.2) is 0 Å². The lowest BCUT2D eigenvalue weighted by molar-refractivity contribution is 0.0820. The topological polar surface area (TPSA) is 51.2 Å². The summed E-state index contributed by atoms with van der Waals surface area (Å²) >= 11 is 1.55. The van der Waals surface area contributed by atoms with Gasteiger partial charge in [-0.1, -0.05) is 6.07 Å². The molecule has 2 aromatic heterocycles. The van der Waals surface area contributed by atoms with Crippen LogP contribution in [-0.4, -0.2) is 23.5 Å². The molecule has 3 heterocycles. The Morgan fingerprint density at radius 2 is 2.40 bits per heavy atom. The van der Waals surface area contributed by atoms with Gasteiger partial charge < -0.3 is 10.1 Å². The van der Waals surface area contributed by atoms with Crippen molar-refractivity contribution < 1.29 is 9.53 Å². The maximum atomic E-state index is 12.3. The van der Waals surface area contributed by atoms with Crippen molar-refractivity contribution >= 4 is 17.2 Å². The normalized spacial score (nSPS) is 21.9. The molecule has 0 aliphatic carbocycles. The van der Waals surface area contributed by atoms with E-state index >= 15 is 0 Å². The molecule has 20 heavy (non-hydrogen) atoms. The third-order valence-corrected chi connectivity index (χ3v) is 4.38. The molecule has 1 saturated heterocycles. The quantitative estimate of drug-likeness (QED) is 0.944. The summed E-state index contributed by atoms with van der Waals surface area (Å²) in [5.74, 6) is -0.0202. The molecule has 1 aliphatic heterocycles. The van der Waals surface area contributed by atoms with Crippen molar-refractivity contribution in [3.63, 3.8) is 0 Å². The number of carbonyl (C=O) groups excluding carboxylic acids is 1. The van der Waals surface area contributed by atoms with Gasteiger partial charge >= 0.3 is 0 Å². The fraction of sp³-hybridized carbons (Fsp3) is 0.333. The van der Waals surface area contributed by atoms with Gasteiger partial charge in [0.1, 0.15) is 6.10 Å². The SMILES string of the molecule is Cc1cscc1C(=O)N[C@H]1CCO[C@@H]1c1cccnc1. The van der Waals surface area contributed by atoms with Crippen LogP contribution in [0.3, 0.4) is 0 Å². The summed E-state index contributed by atoms with van der Waals surface area (Å²) in [4.78, 5) is 16.4. The van der Waals surface area contributed by atoms with Crippen LogP contribution >= 0.6 is 11.3 Å². The second-order valence-electron chi connectivity index (χ2n) is 4.91. The number of hydrogen-bond acceptors (Lipinski definition) is 4. The van der Waals surface area contributed by atoms with Gasteiger partial charge in [0.25, 0.3) is 5.91 Å². The standard InChI is InChI=1S/C15H16N2O2S/c1-10-8-20-9-12(10)15(18)17-13-4-6-19-14(13)11-3-2-5-16-7-11/h2-3,5,7-9,13-14H,4,6H2,1H3,(H,17,18)/t13-,14+/m0/s1. The Balaban J connectivity index is 1.74. The molecule has 5 heteroatoms. The van der Waals surface area contributed by atoms with E-state index in [2.05, 4.69) is 10.3 Å². The summed E-state index contributed by atoms with van der Waals surface area (Å²) in [5.41, 5.74) is 2.79. The average molecular weight is 288 g/mol. The van der Waals surface area contributed by atoms with Gasteiger partial charge in [0.05, 0.1) is 11.6 Å². The van der Waals surface area contributed by atoms with Gasteiger partial charge in [-0.05, 0) is 30.4 Å². The first kappa shape index (κ1) is 13.3. The first-order valence-electron chi connectivity index (χ1n) is 6.61. The third-order valence-electron chi connectivity index (χ3n) is 3.52. The van der Waals surface area contributed by atoms with Crippen LogP contribution < -0.4 is 5.32 Å². The minimum Gasteiger partial charge on any atom is -0.371 e. The number of nitrogens with zero attached hydrogens (tertiary/aromatic N) is 1. The monoisotopic (exact) mass is 288 g/mol. The molecular formula is C15H16N2O2S. The second kappa shape index (κ2) is 5.73. The Hall–Kier alpha value is -1.72. The predicted molar refractivity (Wildman–Crippen MR) is 77.9 cm³/mol. The molecule has 0 spiro atoms. The maximum absolute atomic E-state index is 12.3. The number of pyridine rings is 1. The van der Waals surface area contributed by atoms with Crippen LogP contribution in [0.15, 0.2) is 35.3 Å². The van der Waals surface area contributed by atoms with Gasteiger partial charge in [-0.3, -0.25) is 9.78 Å². The summed E-state index contributed by atoms with van der Waals surface area (Å²) in [5, 5.41) is 6.96. The zero-order valence-electron chi connectivity index (χ0n) is 11.2. The summed E-state index contributed by atoms with van der Waals surface area (Å²) in [6.45, 7) is 2.61. The molecule has 2 atom stereocenters. The number of amides is 1. The van der Waals surface area contributed by atoms with E-state index in [1.165, 1.54) is 0 Å². The van der Waals surface area contributed by atoms with Crippen molar-refractivity contribution in [2.45, 2.75) is 25.5 Å². The van der Waals surface area contributed by atoms with Crippen LogP contribution in [0.5, 0.6) is 0 Å². The average Bonchev–Trinajstić information content (AvgIpc) is 3.08. The Bertz CT molecular complexity index is 597. The van der Waals surface area contributed by atoms with Gasteiger partial charge in [0, 0.05) is 29.9 Å². The molecule has 1 N–H and O–H groups in total. The van der Waals surface area contributed by atoms with E-state index in [4.69, 9.17) is 4.74 Å². The smallest absolute Gasteiger partial charge is 0.252 e. The summed E-state index contributed by atoms with van der Waals surface area (Å²) in [6, 6.07) is 3.88. The largest absolute Gasteiger partial charge is 0.371 e. The van der Waals surface area contributed by atoms with E-state index in [1.54, 1.807) is 23.7 Å². The fourth-order valence-corrected chi connectivity index (χ4v) is 3.28. The molecule has 3 rings (SSSR count). The number of aryl methyl sites for hydroxylation is 1. The van der Waals surface area contributed by atoms with E-state index in [0.29, 0.717) is 6.61 Å². The molecule has 104 valence electrons. The van der Waals surface area contributed by atoms with Gasteiger partial charge in [0.2, 0.25) is 0 Å². The molecule has 0 aromatic carbocycles. The van der Waals surface area contributed by atoms with Gasteiger partial charge in [-0.2, -0.15) is 11.3 Å². The number of aromatic nitrogens is 1. The molecule has 0 unspecified atom stereocenters. The number of nitrogens with one attached hydrogen (secondary N) is 1. The van der Waals surface area contributed by atoms with Crippen LogP contribution in [0.2, 0.25) is 0 Å². The molecule has 0 bridgehead atoms. The minimum absolute atomic E-state index is 0.00556.